The van der Waals surface area contributed by atoms with Gasteiger partial charge in [0.2, 0.25) is 0 Å². The zero-order valence-electron chi connectivity index (χ0n) is 10.8. The van der Waals surface area contributed by atoms with E-state index in [0.717, 1.165) is 12.1 Å². The zero-order valence-corrected chi connectivity index (χ0v) is 11.6. The summed E-state index contributed by atoms with van der Waals surface area (Å²) in [6, 6.07) is 6.37. The van der Waals surface area contributed by atoms with E-state index in [0.29, 0.717) is 12.0 Å². The highest BCUT2D eigenvalue weighted by Crippen LogP contribution is 2.20. The number of aryl methyl sites for hydroxylation is 1. The van der Waals surface area contributed by atoms with Gasteiger partial charge in [0.05, 0.1) is 11.0 Å². The molecule has 0 amide bonds. The van der Waals surface area contributed by atoms with E-state index in [-0.39, 0.29) is 4.90 Å². The molecule has 1 unspecified atom stereocenters. The molecule has 2 aromatic rings. The molecule has 1 N–H and O–H groups in total. The molecular weight excluding hydrogens is 264 g/mol. The molecular formula is C13H16N2O3S. The summed E-state index contributed by atoms with van der Waals surface area (Å²) < 4.78 is 24.8. The van der Waals surface area contributed by atoms with Crippen LogP contribution >= 0.6 is 0 Å². The van der Waals surface area contributed by atoms with Gasteiger partial charge in [-0.2, -0.15) is 0 Å². The van der Waals surface area contributed by atoms with Crippen molar-refractivity contribution in [1.82, 2.24) is 9.55 Å². The molecule has 102 valence electrons. The van der Waals surface area contributed by atoms with Crippen molar-refractivity contribution in [1.29, 1.82) is 0 Å². The quantitative estimate of drug-likeness (QED) is 0.910. The Hall–Kier alpha value is -1.66. The van der Waals surface area contributed by atoms with E-state index < -0.39 is 15.9 Å². The van der Waals surface area contributed by atoms with Gasteiger partial charge in [0.25, 0.3) is 0 Å². The number of imidazole rings is 1. The van der Waals surface area contributed by atoms with E-state index in [2.05, 4.69) is 4.98 Å². The Morgan fingerprint density at radius 3 is 2.74 bits per heavy atom. The number of rotatable bonds is 4. The normalized spacial score (nSPS) is 13.4. The highest BCUT2D eigenvalue weighted by atomic mass is 32.2. The lowest BCUT2D eigenvalue weighted by molar-refractivity contribution is 0.174. The molecule has 1 aromatic heterocycles. The summed E-state index contributed by atoms with van der Waals surface area (Å²) in [5, 5.41) is 10.2. The van der Waals surface area contributed by atoms with Crippen molar-refractivity contribution >= 4 is 9.84 Å². The van der Waals surface area contributed by atoms with E-state index >= 15 is 0 Å². The van der Waals surface area contributed by atoms with Crippen LogP contribution in [0.15, 0.2) is 41.6 Å². The molecule has 0 aliphatic heterocycles. The molecule has 0 saturated carbocycles. The van der Waals surface area contributed by atoms with Gasteiger partial charge in [0.15, 0.2) is 9.84 Å². The maximum Gasteiger partial charge on any atom is 0.175 e. The lowest BCUT2D eigenvalue weighted by Gasteiger charge is -2.12. The number of hydrogen-bond donors (Lipinski definition) is 1. The van der Waals surface area contributed by atoms with Gasteiger partial charge in [-0.15, -0.1) is 0 Å². The molecule has 1 atom stereocenters. The van der Waals surface area contributed by atoms with Gasteiger partial charge in [0.1, 0.15) is 5.82 Å². The van der Waals surface area contributed by atoms with Gasteiger partial charge in [-0.1, -0.05) is 12.1 Å². The molecule has 2 rings (SSSR count). The highest BCUT2D eigenvalue weighted by Gasteiger charge is 2.14. The summed E-state index contributed by atoms with van der Waals surface area (Å²) in [5.74, 6) is 0.747. The third-order valence-electron chi connectivity index (χ3n) is 2.97. The standard InChI is InChI=1S/C13H16N2O3S/c1-15-7-6-14-13(15)9-12(16)10-4-3-5-11(8-10)19(2,17)18/h3-8,12,16H,9H2,1-2H3. The van der Waals surface area contributed by atoms with Crippen LogP contribution in [0.3, 0.4) is 0 Å². The minimum absolute atomic E-state index is 0.212. The van der Waals surface area contributed by atoms with Crippen molar-refractivity contribution in [3.05, 3.63) is 48.0 Å². The monoisotopic (exact) mass is 280 g/mol. The second kappa shape index (κ2) is 5.14. The molecule has 0 fully saturated rings. The fourth-order valence-electron chi connectivity index (χ4n) is 1.84. The van der Waals surface area contributed by atoms with E-state index in [1.54, 1.807) is 24.5 Å². The van der Waals surface area contributed by atoms with Crippen LogP contribution in [-0.2, 0) is 23.3 Å². The Morgan fingerprint density at radius 1 is 1.42 bits per heavy atom. The van der Waals surface area contributed by atoms with Crippen LogP contribution < -0.4 is 0 Å². The van der Waals surface area contributed by atoms with Crippen molar-refractivity contribution in [2.75, 3.05) is 6.26 Å². The summed E-state index contributed by atoms with van der Waals surface area (Å²) in [6.07, 6.45) is 4.18. The summed E-state index contributed by atoms with van der Waals surface area (Å²) >= 11 is 0. The van der Waals surface area contributed by atoms with E-state index in [9.17, 15) is 13.5 Å². The number of sulfone groups is 1. The number of aliphatic hydroxyl groups excluding tert-OH is 1. The average molecular weight is 280 g/mol. The minimum Gasteiger partial charge on any atom is -0.388 e. The lowest BCUT2D eigenvalue weighted by Crippen LogP contribution is -2.07. The van der Waals surface area contributed by atoms with Crippen LogP contribution in [0, 0.1) is 0 Å². The Labute approximate surface area is 112 Å². The van der Waals surface area contributed by atoms with Crippen LogP contribution in [0.2, 0.25) is 0 Å². The van der Waals surface area contributed by atoms with Crippen LogP contribution in [-0.4, -0.2) is 29.3 Å². The first-order valence-electron chi connectivity index (χ1n) is 5.82. The van der Waals surface area contributed by atoms with Crippen molar-refractivity contribution in [2.45, 2.75) is 17.4 Å². The number of benzene rings is 1. The number of aromatic nitrogens is 2. The predicted octanol–water partition coefficient (Wildman–Crippen LogP) is 1.10. The Kier molecular flexibility index (Phi) is 3.73. The van der Waals surface area contributed by atoms with Crippen LogP contribution in [0.1, 0.15) is 17.5 Å². The fraction of sp³-hybridized carbons (Fsp3) is 0.308. The Morgan fingerprint density at radius 2 is 2.16 bits per heavy atom. The largest absolute Gasteiger partial charge is 0.388 e. The van der Waals surface area contributed by atoms with E-state index in [1.807, 2.05) is 11.6 Å². The third kappa shape index (κ3) is 3.21. The Balaban J connectivity index is 2.25. The van der Waals surface area contributed by atoms with E-state index in [4.69, 9.17) is 0 Å². The second-order valence-electron chi connectivity index (χ2n) is 4.52. The average Bonchev–Trinajstić information content (AvgIpc) is 2.74. The first-order valence-corrected chi connectivity index (χ1v) is 7.71. The molecule has 0 saturated heterocycles. The first kappa shape index (κ1) is 13.8. The molecule has 1 aromatic carbocycles. The van der Waals surface area contributed by atoms with Crippen molar-refractivity contribution in [3.8, 4) is 0 Å². The van der Waals surface area contributed by atoms with Crippen LogP contribution in [0.25, 0.3) is 0 Å². The summed E-state index contributed by atoms with van der Waals surface area (Å²) in [7, 11) is -1.41. The Bertz CT molecular complexity index is 677. The van der Waals surface area contributed by atoms with Gasteiger partial charge >= 0.3 is 0 Å². The summed E-state index contributed by atoms with van der Waals surface area (Å²) in [5.41, 5.74) is 0.575. The molecule has 0 spiro atoms. The van der Waals surface area contributed by atoms with Gasteiger partial charge in [0, 0.05) is 32.1 Å². The van der Waals surface area contributed by atoms with Gasteiger partial charge < -0.3 is 9.67 Å². The first-order chi connectivity index (χ1) is 8.88. The van der Waals surface area contributed by atoms with E-state index in [1.165, 1.54) is 12.1 Å². The van der Waals surface area contributed by atoms with Crippen molar-refractivity contribution in [2.24, 2.45) is 7.05 Å². The zero-order chi connectivity index (χ0) is 14.0. The molecule has 5 nitrogen and oxygen atoms in total. The molecule has 6 heteroatoms. The second-order valence-corrected chi connectivity index (χ2v) is 6.53. The van der Waals surface area contributed by atoms with Crippen molar-refractivity contribution < 1.29 is 13.5 Å². The lowest BCUT2D eigenvalue weighted by atomic mass is 10.1. The molecule has 0 bridgehead atoms. The van der Waals surface area contributed by atoms with Gasteiger partial charge in [-0.25, -0.2) is 13.4 Å². The maximum atomic E-state index is 11.5. The predicted molar refractivity (Wildman–Crippen MR) is 71.4 cm³/mol. The molecule has 0 aliphatic rings. The van der Waals surface area contributed by atoms with Gasteiger partial charge in [-0.05, 0) is 17.7 Å². The third-order valence-corrected chi connectivity index (χ3v) is 4.08. The van der Waals surface area contributed by atoms with Gasteiger partial charge in [-0.3, -0.25) is 0 Å². The summed E-state index contributed by atoms with van der Waals surface area (Å²) in [6.45, 7) is 0. The molecule has 0 radical (unpaired) electrons. The number of nitrogens with zero attached hydrogens (tertiary/aromatic N) is 2. The summed E-state index contributed by atoms with van der Waals surface area (Å²) in [4.78, 5) is 4.35. The molecule has 1 heterocycles. The molecule has 19 heavy (non-hydrogen) atoms. The highest BCUT2D eigenvalue weighted by molar-refractivity contribution is 7.90. The molecule has 0 aliphatic carbocycles. The smallest absolute Gasteiger partial charge is 0.175 e. The minimum atomic E-state index is -3.26. The number of hydrogen-bond acceptors (Lipinski definition) is 4. The van der Waals surface area contributed by atoms with Crippen LogP contribution in [0.5, 0.6) is 0 Å². The topological polar surface area (TPSA) is 72.2 Å². The fourth-order valence-corrected chi connectivity index (χ4v) is 2.51. The maximum absolute atomic E-state index is 11.5. The van der Waals surface area contributed by atoms with Crippen LogP contribution in [0.4, 0.5) is 0 Å². The van der Waals surface area contributed by atoms with Crippen molar-refractivity contribution in [3.63, 3.8) is 0 Å². The number of aliphatic hydroxyl groups is 1. The SMILES string of the molecule is Cn1ccnc1CC(O)c1cccc(S(C)(=O)=O)c1.